The lowest BCUT2D eigenvalue weighted by Gasteiger charge is -1.75. The molecule has 0 amide bonds. The number of hydrogen-bond donors (Lipinski definition) is 5. The van der Waals surface area contributed by atoms with Crippen molar-refractivity contribution in [1.82, 2.24) is 10.2 Å². The van der Waals surface area contributed by atoms with Crippen LogP contribution in [-0.2, 0) is 0 Å². The fourth-order valence-corrected chi connectivity index (χ4v) is 0.593. The zero-order valence-corrected chi connectivity index (χ0v) is 15.2. The van der Waals surface area contributed by atoms with E-state index >= 15 is 0 Å². The van der Waals surface area contributed by atoms with Crippen molar-refractivity contribution in [3.05, 3.63) is 23.2 Å². The predicted molar refractivity (Wildman–Crippen MR) is 98.6 cm³/mol. The first kappa shape index (κ1) is 37.3. The number of hydrazine groups is 1. The molecule has 132 valence electrons. The molecule has 0 aliphatic carbocycles. The third kappa shape index (κ3) is 45.0. The average Bonchev–Trinajstić information content (AvgIpc) is 2.78. The van der Waals surface area contributed by atoms with Crippen molar-refractivity contribution in [1.29, 1.82) is 15.9 Å². The van der Waals surface area contributed by atoms with E-state index in [2.05, 4.69) is 26.7 Å². The number of halogens is 3. The van der Waals surface area contributed by atoms with E-state index in [9.17, 15) is 0 Å². The Morgan fingerprint density at radius 2 is 1.83 bits per heavy atom. The molecule has 0 unspecified atom stereocenters. The first-order valence-electron chi connectivity index (χ1n) is 5.19. The molecule has 9 nitrogen and oxygen atoms in total. The van der Waals surface area contributed by atoms with E-state index in [1.54, 1.807) is 19.1 Å². The Kier molecular flexibility index (Phi) is 52.0. The van der Waals surface area contributed by atoms with Gasteiger partial charge in [0.05, 0.1) is 12.5 Å². The number of H-pyrrole nitrogens is 1. The fourth-order valence-electron chi connectivity index (χ4n) is 0.593. The minimum atomic E-state index is -0.0139. The van der Waals surface area contributed by atoms with Crippen LogP contribution in [0.5, 0.6) is 0 Å². The highest BCUT2D eigenvalue weighted by molar-refractivity contribution is 5.86. The normalized spacial score (nSPS) is 5.78. The number of nitrogen functional groups attached to an aromatic ring is 1. The molecule has 1 aromatic rings. The van der Waals surface area contributed by atoms with Crippen LogP contribution in [0.15, 0.2) is 6.07 Å². The molecule has 0 atom stereocenters. The SMILES string of the molecule is CC(=N)CC#N.Cc1cc(N)n[nH]1.Cl.Cl.Cl.NN.[C-]#[N+]CC#N. The van der Waals surface area contributed by atoms with E-state index in [1.165, 1.54) is 0 Å². The quantitative estimate of drug-likeness (QED) is 0.161. The largest absolute Gasteiger partial charge is 0.382 e. The third-order valence-electron chi connectivity index (χ3n) is 1.22. The van der Waals surface area contributed by atoms with Crippen LogP contribution in [0.3, 0.4) is 0 Å². The van der Waals surface area contributed by atoms with E-state index < -0.39 is 0 Å². The smallest absolute Gasteiger partial charge is 0.298 e. The predicted octanol–water partition coefficient (Wildman–Crippen LogP) is 1.75. The van der Waals surface area contributed by atoms with E-state index in [0.717, 1.165) is 5.69 Å². The van der Waals surface area contributed by atoms with Gasteiger partial charge in [-0.15, -0.1) is 37.2 Å². The van der Waals surface area contributed by atoms with Gasteiger partial charge in [0.1, 0.15) is 11.9 Å². The van der Waals surface area contributed by atoms with Crippen LogP contribution in [0.25, 0.3) is 4.85 Å². The van der Waals surface area contributed by atoms with Crippen LogP contribution in [0.1, 0.15) is 19.0 Å². The summed E-state index contributed by atoms with van der Waals surface area (Å²) >= 11 is 0. The summed E-state index contributed by atoms with van der Waals surface area (Å²) in [6, 6.07) is 5.28. The van der Waals surface area contributed by atoms with Crippen LogP contribution in [0.4, 0.5) is 5.82 Å². The zero-order valence-electron chi connectivity index (χ0n) is 12.7. The average molecular weight is 387 g/mol. The molecule has 23 heavy (non-hydrogen) atoms. The lowest BCUT2D eigenvalue weighted by molar-refractivity contribution is 1.05. The summed E-state index contributed by atoms with van der Waals surface area (Å²) in [6.07, 6.45) is 0.264. The molecule has 0 saturated carbocycles. The van der Waals surface area contributed by atoms with E-state index in [0.29, 0.717) is 11.5 Å². The number of aromatic amines is 1. The highest BCUT2D eigenvalue weighted by atomic mass is 35.5. The Morgan fingerprint density at radius 1 is 1.35 bits per heavy atom. The second kappa shape index (κ2) is 32.0. The Labute approximate surface area is 154 Å². The Balaban J connectivity index is -0.0000000426. The van der Waals surface area contributed by atoms with Gasteiger partial charge in [-0.05, 0) is 13.8 Å². The molecule has 0 spiro atoms. The molecule has 0 bridgehead atoms. The topological polar surface area (TPSA) is 183 Å². The molecular weight excluding hydrogens is 365 g/mol. The van der Waals surface area contributed by atoms with Gasteiger partial charge in [-0.25, -0.2) is 6.57 Å². The summed E-state index contributed by atoms with van der Waals surface area (Å²) < 4.78 is 0. The lowest BCUT2D eigenvalue weighted by Crippen LogP contribution is -2.02. The molecule has 12 heteroatoms. The molecule has 1 rings (SSSR count). The van der Waals surface area contributed by atoms with Gasteiger partial charge in [0, 0.05) is 17.5 Å². The fraction of sp³-hybridized carbons (Fsp3) is 0.364. The lowest BCUT2D eigenvalue weighted by atomic mass is 10.3. The molecule has 0 radical (unpaired) electrons. The number of nitrogens with two attached hydrogens (primary N) is 3. The highest BCUT2D eigenvalue weighted by Gasteiger charge is 1.85. The number of aromatic nitrogens is 2. The van der Waals surface area contributed by atoms with Crippen molar-refractivity contribution >= 4 is 48.8 Å². The molecule has 1 heterocycles. The minimum Gasteiger partial charge on any atom is -0.382 e. The zero-order chi connectivity index (χ0) is 16.4. The van der Waals surface area contributed by atoms with Gasteiger partial charge >= 0.3 is 0 Å². The van der Waals surface area contributed by atoms with Gasteiger partial charge in [0.25, 0.3) is 6.54 Å². The Hall–Kier alpha value is -2.06. The van der Waals surface area contributed by atoms with E-state index in [4.69, 9.17) is 28.2 Å². The van der Waals surface area contributed by atoms with Crippen molar-refractivity contribution < 1.29 is 0 Å². The summed E-state index contributed by atoms with van der Waals surface area (Å²) in [5.41, 5.74) is 6.66. The molecule has 0 aromatic carbocycles. The summed E-state index contributed by atoms with van der Waals surface area (Å²) in [5.74, 6) is 8.55. The molecule has 0 fully saturated rings. The summed E-state index contributed by atoms with van der Waals surface area (Å²) in [5, 5.41) is 28.5. The van der Waals surface area contributed by atoms with Crippen LogP contribution in [0.2, 0.25) is 0 Å². The van der Waals surface area contributed by atoms with Crippen molar-refractivity contribution in [3.63, 3.8) is 0 Å². The number of nitrogens with zero attached hydrogens (tertiary/aromatic N) is 4. The third-order valence-corrected chi connectivity index (χ3v) is 1.22. The molecule has 0 saturated heterocycles. The van der Waals surface area contributed by atoms with Crippen molar-refractivity contribution in [2.75, 3.05) is 12.3 Å². The van der Waals surface area contributed by atoms with Gasteiger partial charge in [0.15, 0.2) is 0 Å². The first-order chi connectivity index (χ1) is 9.47. The summed E-state index contributed by atoms with van der Waals surface area (Å²) in [4.78, 5) is 2.74. The van der Waals surface area contributed by atoms with Crippen LogP contribution in [-0.4, -0.2) is 22.5 Å². The molecule has 0 aliphatic heterocycles. The van der Waals surface area contributed by atoms with Crippen LogP contribution < -0.4 is 17.4 Å². The maximum atomic E-state index is 7.85. The number of anilines is 1. The van der Waals surface area contributed by atoms with Gasteiger partial charge in [-0.1, -0.05) is 0 Å². The van der Waals surface area contributed by atoms with Gasteiger partial charge in [-0.3, -0.25) is 16.8 Å². The van der Waals surface area contributed by atoms with Gasteiger partial charge < -0.3 is 16.0 Å². The Bertz CT molecular complexity index is 454. The molecular formula is C11H22Cl3N9. The summed E-state index contributed by atoms with van der Waals surface area (Å²) in [6.45, 7) is 9.51. The minimum absolute atomic E-state index is 0. The second-order valence-corrected chi connectivity index (χ2v) is 3.07. The van der Waals surface area contributed by atoms with Crippen LogP contribution >= 0.6 is 37.2 Å². The van der Waals surface area contributed by atoms with Crippen molar-refractivity contribution in [3.8, 4) is 12.1 Å². The number of rotatable bonds is 1. The second-order valence-electron chi connectivity index (χ2n) is 3.07. The van der Waals surface area contributed by atoms with Crippen LogP contribution in [0, 0.1) is 41.6 Å². The molecule has 1 aromatic heterocycles. The van der Waals surface area contributed by atoms with Gasteiger partial charge in [-0.2, -0.15) is 15.6 Å². The standard InChI is InChI=1S/C4H7N3.C4H6N2.C3H2N2.3ClH.H4N2/c1-3-2-4(5)7-6-3;1-4(6)2-3-5;1-5-3-2-4;;;;1-2/h2H,1H3,(H3,5,6,7);6H,2H2,1H3;3H2;3*1H;1-2H2. The number of aryl methyl sites for hydroxylation is 1. The summed E-state index contributed by atoms with van der Waals surface area (Å²) in [7, 11) is 0. The van der Waals surface area contributed by atoms with Crippen molar-refractivity contribution in [2.45, 2.75) is 20.3 Å². The Morgan fingerprint density at radius 3 is 1.87 bits per heavy atom. The molecule has 0 aliphatic rings. The van der Waals surface area contributed by atoms with Gasteiger partial charge in [0.2, 0.25) is 0 Å². The highest BCUT2D eigenvalue weighted by Crippen LogP contribution is 1.95. The van der Waals surface area contributed by atoms with E-state index in [1.807, 2.05) is 13.0 Å². The van der Waals surface area contributed by atoms with E-state index in [-0.39, 0.29) is 50.2 Å². The maximum absolute atomic E-state index is 7.85. The number of hydrogen-bond acceptors (Lipinski definition) is 7. The monoisotopic (exact) mass is 385 g/mol. The van der Waals surface area contributed by atoms with Crippen molar-refractivity contribution in [2.24, 2.45) is 11.7 Å². The first-order valence-corrected chi connectivity index (χ1v) is 5.19. The maximum Gasteiger partial charge on any atom is 0.298 e. The number of nitriles is 2. The number of nitrogens with one attached hydrogen (secondary N) is 2. The molecule has 8 N–H and O–H groups in total.